The van der Waals surface area contributed by atoms with Crippen molar-refractivity contribution in [2.75, 3.05) is 51.8 Å². The molecule has 1 saturated heterocycles. The van der Waals surface area contributed by atoms with Gasteiger partial charge in [0.25, 0.3) is 11.7 Å². The molecule has 0 aromatic heterocycles. The highest BCUT2D eigenvalue weighted by atomic mass is 16.5. The van der Waals surface area contributed by atoms with E-state index in [2.05, 4.69) is 18.7 Å². The lowest BCUT2D eigenvalue weighted by Crippen LogP contribution is -2.32. The molecule has 1 heterocycles. The highest BCUT2D eigenvalue weighted by Gasteiger charge is 2.45. The Hall–Kier alpha value is -3.32. The van der Waals surface area contributed by atoms with E-state index in [1.54, 1.807) is 23.1 Å². The van der Waals surface area contributed by atoms with Crippen molar-refractivity contribution in [1.82, 2.24) is 9.80 Å². The Labute approximate surface area is 215 Å². The molecule has 1 atom stereocenters. The van der Waals surface area contributed by atoms with E-state index in [-0.39, 0.29) is 11.3 Å². The van der Waals surface area contributed by atoms with Crippen LogP contribution in [0.25, 0.3) is 5.76 Å². The number of benzene rings is 2. The van der Waals surface area contributed by atoms with Crippen LogP contribution in [0.2, 0.25) is 0 Å². The third-order valence-electron chi connectivity index (χ3n) is 6.63. The van der Waals surface area contributed by atoms with Gasteiger partial charge in [-0.05, 0) is 96.2 Å². The quantitative estimate of drug-likeness (QED) is 0.280. The van der Waals surface area contributed by atoms with Gasteiger partial charge in [0.15, 0.2) is 0 Å². The fourth-order valence-electron chi connectivity index (χ4n) is 4.74. The largest absolute Gasteiger partial charge is 0.507 e. The molecule has 0 radical (unpaired) electrons. The third-order valence-corrected chi connectivity index (χ3v) is 6.63. The molecule has 1 unspecified atom stereocenters. The molecule has 7 nitrogen and oxygen atoms in total. The fraction of sp³-hybridized carbons (Fsp3) is 0.448. The van der Waals surface area contributed by atoms with Crippen LogP contribution in [-0.4, -0.2) is 73.5 Å². The van der Waals surface area contributed by atoms with Crippen molar-refractivity contribution in [3.63, 3.8) is 0 Å². The number of Topliss-reactive ketones (excluding diaryl/α,β-unsaturated/α-hetero) is 1. The predicted octanol–water partition coefficient (Wildman–Crippen LogP) is 4.61. The van der Waals surface area contributed by atoms with E-state index in [0.29, 0.717) is 18.7 Å². The Morgan fingerprint density at radius 2 is 1.69 bits per heavy atom. The zero-order valence-electron chi connectivity index (χ0n) is 22.4. The van der Waals surface area contributed by atoms with E-state index in [1.165, 1.54) is 0 Å². The number of hydrogen-bond donors (Lipinski definition) is 1. The maximum Gasteiger partial charge on any atom is 0.295 e. The number of anilines is 1. The van der Waals surface area contributed by atoms with Crippen LogP contribution in [0.15, 0.2) is 48.0 Å². The Morgan fingerprint density at radius 1 is 1.03 bits per heavy atom. The summed E-state index contributed by atoms with van der Waals surface area (Å²) in [5.74, 6) is -0.661. The predicted molar refractivity (Wildman–Crippen MR) is 145 cm³/mol. The summed E-state index contributed by atoms with van der Waals surface area (Å²) >= 11 is 0. The molecular weight excluding hydrogens is 454 g/mol. The zero-order chi connectivity index (χ0) is 26.4. The van der Waals surface area contributed by atoms with Crippen molar-refractivity contribution in [3.05, 3.63) is 64.7 Å². The zero-order valence-corrected chi connectivity index (χ0v) is 22.4. The first-order valence-electron chi connectivity index (χ1n) is 12.7. The van der Waals surface area contributed by atoms with Crippen LogP contribution in [0.5, 0.6) is 5.75 Å². The summed E-state index contributed by atoms with van der Waals surface area (Å²) < 4.78 is 5.62. The fourth-order valence-corrected chi connectivity index (χ4v) is 4.74. The summed E-state index contributed by atoms with van der Waals surface area (Å²) in [5.41, 5.74) is 3.35. The molecule has 0 bridgehead atoms. The lowest BCUT2D eigenvalue weighted by atomic mass is 9.94. The highest BCUT2D eigenvalue weighted by Crippen LogP contribution is 2.40. The van der Waals surface area contributed by atoms with Crippen LogP contribution in [0.1, 0.15) is 49.9 Å². The van der Waals surface area contributed by atoms with Gasteiger partial charge in [0.05, 0.1) is 18.2 Å². The Morgan fingerprint density at radius 3 is 2.25 bits per heavy atom. The third kappa shape index (κ3) is 5.73. The molecule has 0 saturated carbocycles. The molecule has 2 aromatic carbocycles. The Kier molecular flexibility index (Phi) is 9.15. The molecule has 7 heteroatoms. The molecule has 3 rings (SSSR count). The van der Waals surface area contributed by atoms with Crippen molar-refractivity contribution >= 4 is 23.1 Å². The van der Waals surface area contributed by atoms with E-state index >= 15 is 0 Å². The molecule has 1 fully saturated rings. The number of ketones is 1. The van der Waals surface area contributed by atoms with Crippen LogP contribution in [0.3, 0.4) is 0 Å². The number of amides is 1. The number of likely N-dealkylation sites (tertiary alicyclic amines) is 1. The average molecular weight is 494 g/mol. The maximum absolute atomic E-state index is 13.3. The number of ether oxygens (including phenoxy) is 1. The second kappa shape index (κ2) is 12.1. The smallest absolute Gasteiger partial charge is 0.295 e. The van der Waals surface area contributed by atoms with Gasteiger partial charge in [-0.25, -0.2) is 0 Å². The molecule has 1 aliphatic rings. The van der Waals surface area contributed by atoms with Crippen molar-refractivity contribution in [1.29, 1.82) is 0 Å². The lowest BCUT2D eigenvalue weighted by Gasteiger charge is -2.27. The van der Waals surface area contributed by atoms with Crippen molar-refractivity contribution in [2.45, 2.75) is 40.2 Å². The number of aliphatic hydroxyl groups excluding tert-OH is 1. The van der Waals surface area contributed by atoms with E-state index in [1.807, 2.05) is 57.1 Å². The van der Waals surface area contributed by atoms with E-state index in [0.717, 1.165) is 48.6 Å². The first-order chi connectivity index (χ1) is 17.2. The van der Waals surface area contributed by atoms with Gasteiger partial charge in [0.2, 0.25) is 0 Å². The minimum atomic E-state index is -0.651. The summed E-state index contributed by atoms with van der Waals surface area (Å²) in [6, 6.07) is 12.6. The van der Waals surface area contributed by atoms with Crippen molar-refractivity contribution < 1.29 is 19.4 Å². The number of hydrogen-bond acceptors (Lipinski definition) is 6. The van der Waals surface area contributed by atoms with Gasteiger partial charge in [-0.15, -0.1) is 0 Å². The van der Waals surface area contributed by atoms with Crippen LogP contribution in [-0.2, 0) is 9.59 Å². The minimum Gasteiger partial charge on any atom is -0.507 e. The number of rotatable bonds is 11. The molecule has 2 aromatic rings. The standard InChI is InChI=1S/C29H39N3O4/c1-7-31(8-2)23-14-11-21(12-15-23)26-25(28(34)29(35)32(26)18-10-17-30(5)6)27(33)22-13-16-24(36-9-3)20(4)19-22/h11-16,19,26,33H,7-10,17-18H2,1-6H3/b27-25-. The molecule has 1 amide bonds. The number of carbonyl (C=O) groups is 2. The highest BCUT2D eigenvalue weighted by molar-refractivity contribution is 6.46. The lowest BCUT2D eigenvalue weighted by molar-refractivity contribution is -0.139. The topological polar surface area (TPSA) is 73.3 Å². The monoisotopic (exact) mass is 493 g/mol. The Bertz CT molecular complexity index is 1100. The minimum absolute atomic E-state index is 0.129. The summed E-state index contributed by atoms with van der Waals surface area (Å²) in [4.78, 5) is 32.3. The van der Waals surface area contributed by atoms with Crippen molar-refractivity contribution in [2.24, 2.45) is 0 Å². The summed E-state index contributed by atoms with van der Waals surface area (Å²) in [5, 5.41) is 11.4. The summed E-state index contributed by atoms with van der Waals surface area (Å²) in [7, 11) is 3.96. The maximum atomic E-state index is 13.3. The van der Waals surface area contributed by atoms with Gasteiger partial charge in [0.1, 0.15) is 11.5 Å². The molecule has 0 spiro atoms. The number of aryl methyl sites for hydroxylation is 1. The van der Waals surface area contributed by atoms with E-state index < -0.39 is 17.7 Å². The summed E-state index contributed by atoms with van der Waals surface area (Å²) in [6.45, 7) is 11.5. The SMILES string of the molecule is CCOc1ccc(/C(O)=C2/C(=O)C(=O)N(CCCN(C)C)C2c2ccc(N(CC)CC)cc2)cc1C. The van der Waals surface area contributed by atoms with Crippen LogP contribution in [0, 0.1) is 6.92 Å². The van der Waals surface area contributed by atoms with Gasteiger partial charge in [0, 0.05) is 30.9 Å². The van der Waals surface area contributed by atoms with Crippen LogP contribution >= 0.6 is 0 Å². The van der Waals surface area contributed by atoms with Crippen LogP contribution in [0.4, 0.5) is 5.69 Å². The van der Waals surface area contributed by atoms with Gasteiger partial charge < -0.3 is 24.5 Å². The van der Waals surface area contributed by atoms with Gasteiger partial charge in [-0.1, -0.05) is 12.1 Å². The number of nitrogens with zero attached hydrogens (tertiary/aromatic N) is 3. The second-order valence-corrected chi connectivity index (χ2v) is 9.33. The molecule has 194 valence electrons. The molecule has 0 aliphatic carbocycles. The molecule has 36 heavy (non-hydrogen) atoms. The number of aliphatic hydroxyl groups is 1. The second-order valence-electron chi connectivity index (χ2n) is 9.33. The first-order valence-corrected chi connectivity index (χ1v) is 12.7. The molecular formula is C29H39N3O4. The number of carbonyl (C=O) groups excluding carboxylic acids is 2. The first kappa shape index (κ1) is 27.3. The normalized spacial score (nSPS) is 17.2. The molecule has 1 N–H and O–H groups in total. The van der Waals surface area contributed by atoms with Gasteiger partial charge in [-0.3, -0.25) is 9.59 Å². The van der Waals surface area contributed by atoms with Crippen LogP contribution < -0.4 is 9.64 Å². The van der Waals surface area contributed by atoms with Gasteiger partial charge in [-0.2, -0.15) is 0 Å². The van der Waals surface area contributed by atoms with Gasteiger partial charge >= 0.3 is 0 Å². The van der Waals surface area contributed by atoms with E-state index in [9.17, 15) is 14.7 Å². The Balaban J connectivity index is 2.08. The molecule has 1 aliphatic heterocycles. The van der Waals surface area contributed by atoms with E-state index in [4.69, 9.17) is 4.74 Å². The van der Waals surface area contributed by atoms with Crippen molar-refractivity contribution in [3.8, 4) is 5.75 Å². The average Bonchev–Trinajstić information content (AvgIpc) is 3.11. The summed E-state index contributed by atoms with van der Waals surface area (Å²) in [6.07, 6.45) is 0.719.